The van der Waals surface area contributed by atoms with E-state index in [-0.39, 0.29) is 11.7 Å². The highest BCUT2D eigenvalue weighted by molar-refractivity contribution is 5.91. The number of piperazine rings is 1. The minimum atomic E-state index is -0.294. The van der Waals surface area contributed by atoms with Gasteiger partial charge >= 0.3 is 0 Å². The quantitative estimate of drug-likeness (QED) is 0.640. The van der Waals surface area contributed by atoms with Crippen LogP contribution in [-0.2, 0) is 4.79 Å². The number of benzene rings is 1. The third-order valence-corrected chi connectivity index (χ3v) is 4.49. The molecule has 1 aromatic carbocycles. The zero-order valence-electron chi connectivity index (χ0n) is 15.0. The molecule has 28 heavy (non-hydrogen) atoms. The van der Waals surface area contributed by atoms with Gasteiger partial charge < -0.3 is 9.80 Å². The van der Waals surface area contributed by atoms with Crippen molar-refractivity contribution in [2.24, 2.45) is 0 Å². The number of nitrogens with zero attached hydrogens (tertiary/aromatic N) is 7. The van der Waals surface area contributed by atoms with Crippen LogP contribution in [0.2, 0.25) is 0 Å². The Balaban J connectivity index is 1.32. The predicted molar refractivity (Wildman–Crippen MR) is 101 cm³/mol. The molecule has 0 saturated carbocycles. The van der Waals surface area contributed by atoms with Crippen molar-refractivity contribution in [3.63, 3.8) is 0 Å². The topological polar surface area (TPSA) is 80.0 Å². The maximum Gasteiger partial charge on any atom is 0.246 e. The first kappa shape index (κ1) is 17.8. The smallest absolute Gasteiger partial charge is 0.246 e. The fourth-order valence-electron chi connectivity index (χ4n) is 2.94. The number of carbonyl (C=O) groups excluding carboxylic acids is 1. The molecule has 4 rings (SSSR count). The molecule has 3 aromatic rings. The van der Waals surface area contributed by atoms with Crippen LogP contribution >= 0.6 is 0 Å². The van der Waals surface area contributed by atoms with E-state index in [0.29, 0.717) is 32.0 Å². The summed E-state index contributed by atoms with van der Waals surface area (Å²) in [5, 5.41) is 12.4. The Hall–Kier alpha value is -3.62. The number of halogens is 1. The van der Waals surface area contributed by atoms with E-state index in [4.69, 9.17) is 0 Å². The fourth-order valence-corrected chi connectivity index (χ4v) is 2.94. The fraction of sp³-hybridized carbons (Fsp3) is 0.211. The van der Waals surface area contributed by atoms with Gasteiger partial charge in [-0.2, -0.15) is 5.10 Å². The number of hydrogen-bond acceptors (Lipinski definition) is 6. The molecule has 3 heterocycles. The molecular formula is C19H18FN7O. The number of anilines is 1. The first-order chi connectivity index (χ1) is 13.7. The van der Waals surface area contributed by atoms with Crippen LogP contribution in [0.3, 0.4) is 0 Å². The summed E-state index contributed by atoms with van der Waals surface area (Å²) in [6, 6.07) is 9.74. The van der Waals surface area contributed by atoms with E-state index < -0.39 is 0 Å². The number of carbonyl (C=O) groups is 1. The first-order valence-electron chi connectivity index (χ1n) is 8.85. The van der Waals surface area contributed by atoms with E-state index in [1.165, 1.54) is 24.5 Å². The number of aromatic nitrogens is 5. The van der Waals surface area contributed by atoms with E-state index in [0.717, 1.165) is 11.4 Å². The van der Waals surface area contributed by atoms with Crippen LogP contribution in [-0.4, -0.2) is 61.9 Å². The molecule has 1 amide bonds. The Labute approximate surface area is 160 Å². The Morgan fingerprint density at radius 1 is 0.964 bits per heavy atom. The van der Waals surface area contributed by atoms with Gasteiger partial charge in [0.05, 0.1) is 0 Å². The van der Waals surface area contributed by atoms with E-state index in [1.54, 1.807) is 34.1 Å². The van der Waals surface area contributed by atoms with Crippen molar-refractivity contribution in [2.75, 3.05) is 31.1 Å². The molecule has 1 aliphatic rings. The van der Waals surface area contributed by atoms with Gasteiger partial charge in [0.1, 0.15) is 18.5 Å². The van der Waals surface area contributed by atoms with E-state index in [2.05, 4.69) is 25.2 Å². The molecule has 1 saturated heterocycles. The molecule has 2 aromatic heterocycles. The Morgan fingerprint density at radius 3 is 2.32 bits per heavy atom. The highest BCUT2D eigenvalue weighted by atomic mass is 19.1. The molecule has 8 nitrogen and oxygen atoms in total. The van der Waals surface area contributed by atoms with Crippen LogP contribution in [0, 0.1) is 5.82 Å². The highest BCUT2D eigenvalue weighted by Gasteiger charge is 2.20. The average molecular weight is 379 g/mol. The Morgan fingerprint density at radius 2 is 1.68 bits per heavy atom. The minimum Gasteiger partial charge on any atom is -0.352 e. The second-order valence-electron chi connectivity index (χ2n) is 6.29. The largest absolute Gasteiger partial charge is 0.352 e. The zero-order chi connectivity index (χ0) is 19.3. The summed E-state index contributed by atoms with van der Waals surface area (Å²) >= 11 is 0. The van der Waals surface area contributed by atoms with Crippen molar-refractivity contribution < 1.29 is 9.18 Å². The SMILES string of the molecule is O=C(/C=C/c1ccc(F)cc1)N1CCN(c2ccc(-n3cncn3)nn2)CC1. The van der Waals surface area contributed by atoms with Crippen molar-refractivity contribution in [3.8, 4) is 5.82 Å². The molecule has 0 atom stereocenters. The van der Waals surface area contributed by atoms with Crippen LogP contribution in [0.25, 0.3) is 11.9 Å². The minimum absolute atomic E-state index is 0.0587. The molecule has 0 spiro atoms. The summed E-state index contributed by atoms with van der Waals surface area (Å²) in [5.41, 5.74) is 0.788. The van der Waals surface area contributed by atoms with Gasteiger partial charge in [0.2, 0.25) is 5.91 Å². The molecule has 0 bridgehead atoms. The Bertz CT molecular complexity index is 947. The highest BCUT2D eigenvalue weighted by Crippen LogP contribution is 2.14. The molecule has 9 heteroatoms. The summed E-state index contributed by atoms with van der Waals surface area (Å²) in [4.78, 5) is 20.1. The molecule has 0 radical (unpaired) electrons. The number of hydrogen-bond donors (Lipinski definition) is 0. The van der Waals surface area contributed by atoms with Crippen molar-refractivity contribution in [1.82, 2.24) is 29.9 Å². The van der Waals surface area contributed by atoms with Gasteiger partial charge in [-0.3, -0.25) is 4.79 Å². The lowest BCUT2D eigenvalue weighted by Crippen LogP contribution is -2.48. The summed E-state index contributed by atoms with van der Waals surface area (Å²) in [6.45, 7) is 2.54. The maximum atomic E-state index is 12.9. The van der Waals surface area contributed by atoms with Crippen molar-refractivity contribution in [2.45, 2.75) is 0 Å². The second-order valence-corrected chi connectivity index (χ2v) is 6.29. The summed E-state index contributed by atoms with van der Waals surface area (Å²) in [7, 11) is 0. The van der Waals surface area contributed by atoms with E-state index >= 15 is 0 Å². The monoisotopic (exact) mass is 379 g/mol. The lowest BCUT2D eigenvalue weighted by molar-refractivity contribution is -0.126. The number of amides is 1. The molecule has 0 N–H and O–H groups in total. The summed E-state index contributed by atoms with van der Waals surface area (Å²) in [5.74, 6) is 1.01. The number of rotatable bonds is 4. The Kier molecular flexibility index (Phi) is 5.05. The second kappa shape index (κ2) is 7.95. The molecular weight excluding hydrogens is 361 g/mol. The van der Waals surface area contributed by atoms with Crippen LogP contribution in [0.5, 0.6) is 0 Å². The van der Waals surface area contributed by atoms with Gasteiger partial charge in [0, 0.05) is 32.3 Å². The predicted octanol–water partition coefficient (Wildman–Crippen LogP) is 1.56. The third kappa shape index (κ3) is 4.03. The molecule has 1 fully saturated rings. The average Bonchev–Trinajstić information content (AvgIpc) is 3.28. The molecule has 142 valence electrons. The van der Waals surface area contributed by atoms with Gasteiger partial charge in [0.15, 0.2) is 11.6 Å². The van der Waals surface area contributed by atoms with E-state index in [1.807, 2.05) is 12.1 Å². The van der Waals surface area contributed by atoms with Gasteiger partial charge in [-0.15, -0.1) is 10.2 Å². The molecule has 1 aliphatic heterocycles. The van der Waals surface area contributed by atoms with Crippen LogP contribution in [0.4, 0.5) is 10.2 Å². The van der Waals surface area contributed by atoms with Crippen molar-refractivity contribution >= 4 is 17.8 Å². The van der Waals surface area contributed by atoms with Gasteiger partial charge in [-0.1, -0.05) is 12.1 Å². The summed E-state index contributed by atoms with van der Waals surface area (Å²) < 4.78 is 14.5. The first-order valence-corrected chi connectivity index (χ1v) is 8.85. The van der Waals surface area contributed by atoms with E-state index in [9.17, 15) is 9.18 Å². The molecule has 0 aliphatic carbocycles. The summed E-state index contributed by atoms with van der Waals surface area (Å²) in [6.07, 6.45) is 6.22. The molecule has 0 unspecified atom stereocenters. The van der Waals surface area contributed by atoms with Crippen LogP contribution in [0.1, 0.15) is 5.56 Å². The lowest BCUT2D eigenvalue weighted by Gasteiger charge is -2.34. The van der Waals surface area contributed by atoms with Crippen LogP contribution < -0.4 is 4.90 Å². The van der Waals surface area contributed by atoms with Gasteiger partial charge in [-0.25, -0.2) is 14.1 Å². The van der Waals surface area contributed by atoms with Crippen molar-refractivity contribution in [3.05, 3.63) is 66.5 Å². The zero-order valence-corrected chi connectivity index (χ0v) is 15.0. The normalized spacial score (nSPS) is 14.6. The third-order valence-electron chi connectivity index (χ3n) is 4.49. The van der Waals surface area contributed by atoms with Crippen molar-refractivity contribution in [1.29, 1.82) is 0 Å². The van der Waals surface area contributed by atoms with Crippen LogP contribution in [0.15, 0.2) is 55.1 Å². The lowest BCUT2D eigenvalue weighted by atomic mass is 10.2. The van der Waals surface area contributed by atoms with Gasteiger partial charge in [0.25, 0.3) is 0 Å². The van der Waals surface area contributed by atoms with Gasteiger partial charge in [-0.05, 0) is 35.9 Å². The standard InChI is InChI=1S/C19H18FN7O/c20-16-4-1-15(2-5-16)3-8-19(28)26-11-9-25(10-12-26)17-6-7-18(24-23-17)27-14-21-13-22-27/h1-8,13-14H,9-12H2/b8-3+. The maximum absolute atomic E-state index is 12.9.